The van der Waals surface area contributed by atoms with Crippen LogP contribution in [0.5, 0.6) is 11.5 Å². The molecule has 0 bridgehead atoms. The van der Waals surface area contributed by atoms with Gasteiger partial charge in [0, 0.05) is 12.1 Å². The number of methoxy groups -OCH3 is 1. The molecule has 0 saturated carbocycles. The maximum atomic E-state index is 12.2. The van der Waals surface area contributed by atoms with Crippen molar-refractivity contribution < 1.29 is 19.2 Å². The number of non-ortho nitro benzene ring substituents is 1. The standard InChI is InChI=1S/C24H18ClN3O5/c1-32-23-13-16(12-18(14-26)17-7-9-19(10-8-17)28(30)31)6-11-22(23)33-15-24(29)27-21-5-3-2-4-20(21)25/h2-13H,15H2,1H3,(H,27,29)/b18-12+. The Balaban J connectivity index is 1.73. The number of carbonyl (C=O) groups excluding carboxylic acids is 1. The second kappa shape index (κ2) is 10.8. The van der Waals surface area contributed by atoms with E-state index < -0.39 is 4.92 Å². The Kier molecular flexibility index (Phi) is 7.63. The van der Waals surface area contributed by atoms with Gasteiger partial charge in [-0.15, -0.1) is 0 Å². The van der Waals surface area contributed by atoms with Gasteiger partial charge in [-0.25, -0.2) is 0 Å². The Morgan fingerprint density at radius 1 is 1.15 bits per heavy atom. The van der Waals surface area contributed by atoms with Crippen molar-refractivity contribution in [2.24, 2.45) is 0 Å². The SMILES string of the molecule is COc1cc(/C=C(\C#N)c2ccc([N+](=O)[O-])cc2)ccc1OCC(=O)Nc1ccccc1Cl. The van der Waals surface area contributed by atoms with Gasteiger partial charge in [-0.05, 0) is 53.6 Å². The maximum absolute atomic E-state index is 12.2. The highest BCUT2D eigenvalue weighted by Gasteiger charge is 2.11. The summed E-state index contributed by atoms with van der Waals surface area (Å²) in [5.74, 6) is 0.326. The second-order valence-corrected chi connectivity index (χ2v) is 7.11. The van der Waals surface area contributed by atoms with Crippen molar-refractivity contribution in [3.63, 3.8) is 0 Å². The number of hydrogen-bond acceptors (Lipinski definition) is 6. The fraction of sp³-hybridized carbons (Fsp3) is 0.0833. The van der Waals surface area contributed by atoms with Gasteiger partial charge < -0.3 is 14.8 Å². The number of ether oxygens (including phenoxy) is 2. The summed E-state index contributed by atoms with van der Waals surface area (Å²) in [6, 6.07) is 19.6. The number of para-hydroxylation sites is 1. The largest absolute Gasteiger partial charge is 0.493 e. The van der Waals surface area contributed by atoms with Gasteiger partial charge >= 0.3 is 0 Å². The number of nitrogens with zero attached hydrogens (tertiary/aromatic N) is 2. The molecule has 0 saturated heterocycles. The third-order valence-electron chi connectivity index (χ3n) is 4.51. The fourth-order valence-electron chi connectivity index (χ4n) is 2.89. The molecular formula is C24H18ClN3O5. The molecule has 8 nitrogen and oxygen atoms in total. The summed E-state index contributed by atoms with van der Waals surface area (Å²) in [5.41, 5.74) is 1.93. The van der Waals surface area contributed by atoms with E-state index in [0.29, 0.717) is 38.9 Å². The van der Waals surface area contributed by atoms with Crippen LogP contribution < -0.4 is 14.8 Å². The van der Waals surface area contributed by atoms with Crippen LogP contribution in [-0.2, 0) is 4.79 Å². The number of nitro groups is 1. The molecule has 0 radical (unpaired) electrons. The molecule has 1 N–H and O–H groups in total. The van der Waals surface area contributed by atoms with Crippen LogP contribution in [0, 0.1) is 21.4 Å². The van der Waals surface area contributed by atoms with E-state index in [1.54, 1.807) is 48.5 Å². The monoisotopic (exact) mass is 463 g/mol. The highest BCUT2D eigenvalue weighted by molar-refractivity contribution is 6.33. The first-order valence-electron chi connectivity index (χ1n) is 9.63. The summed E-state index contributed by atoms with van der Waals surface area (Å²) in [4.78, 5) is 22.5. The summed E-state index contributed by atoms with van der Waals surface area (Å²) in [7, 11) is 1.46. The predicted molar refractivity (Wildman–Crippen MR) is 125 cm³/mol. The van der Waals surface area contributed by atoms with E-state index in [0.717, 1.165) is 0 Å². The van der Waals surface area contributed by atoms with Crippen LogP contribution in [-0.4, -0.2) is 24.5 Å². The normalized spacial score (nSPS) is 10.8. The number of hydrogen-bond donors (Lipinski definition) is 1. The van der Waals surface area contributed by atoms with Crippen LogP contribution in [0.3, 0.4) is 0 Å². The molecule has 0 aliphatic carbocycles. The Morgan fingerprint density at radius 2 is 1.88 bits per heavy atom. The smallest absolute Gasteiger partial charge is 0.269 e. The van der Waals surface area contributed by atoms with Gasteiger partial charge in [-0.1, -0.05) is 29.8 Å². The van der Waals surface area contributed by atoms with Gasteiger partial charge in [0.1, 0.15) is 0 Å². The van der Waals surface area contributed by atoms with Crippen LogP contribution in [0.25, 0.3) is 11.6 Å². The van der Waals surface area contributed by atoms with Gasteiger partial charge in [0.05, 0.1) is 34.4 Å². The van der Waals surface area contributed by atoms with Crippen molar-refractivity contribution in [3.05, 3.63) is 93.0 Å². The molecule has 3 aromatic rings. The Labute approximate surface area is 194 Å². The third kappa shape index (κ3) is 6.09. The molecule has 0 fully saturated rings. The minimum absolute atomic E-state index is 0.0576. The van der Waals surface area contributed by atoms with Gasteiger partial charge in [-0.3, -0.25) is 14.9 Å². The minimum atomic E-state index is -0.502. The van der Waals surface area contributed by atoms with Crippen LogP contribution in [0.1, 0.15) is 11.1 Å². The molecule has 0 aliphatic heterocycles. The Bertz CT molecular complexity index is 1250. The lowest BCUT2D eigenvalue weighted by Gasteiger charge is -2.12. The van der Waals surface area contributed by atoms with E-state index >= 15 is 0 Å². The van der Waals surface area contributed by atoms with Gasteiger partial charge in [0.2, 0.25) is 0 Å². The average Bonchev–Trinajstić information content (AvgIpc) is 2.83. The van der Waals surface area contributed by atoms with Crippen LogP contribution in [0.4, 0.5) is 11.4 Å². The van der Waals surface area contributed by atoms with E-state index in [-0.39, 0.29) is 18.2 Å². The Morgan fingerprint density at radius 3 is 2.52 bits per heavy atom. The summed E-state index contributed by atoms with van der Waals surface area (Å²) in [6.07, 6.45) is 1.62. The molecule has 0 heterocycles. The van der Waals surface area contributed by atoms with E-state index in [1.807, 2.05) is 0 Å². The Hall–Kier alpha value is -4.35. The molecule has 0 aromatic heterocycles. The molecule has 9 heteroatoms. The van der Waals surface area contributed by atoms with Crippen molar-refractivity contribution in [3.8, 4) is 17.6 Å². The number of nitrogens with one attached hydrogen (secondary N) is 1. The zero-order valence-electron chi connectivity index (χ0n) is 17.4. The number of halogens is 1. The van der Waals surface area contributed by atoms with Gasteiger partial charge in [0.15, 0.2) is 18.1 Å². The first-order chi connectivity index (χ1) is 15.9. The topological polar surface area (TPSA) is 114 Å². The van der Waals surface area contributed by atoms with Gasteiger partial charge in [0.25, 0.3) is 11.6 Å². The molecule has 3 aromatic carbocycles. The zero-order valence-corrected chi connectivity index (χ0v) is 18.2. The van der Waals surface area contributed by atoms with Gasteiger partial charge in [-0.2, -0.15) is 5.26 Å². The molecule has 33 heavy (non-hydrogen) atoms. The number of rotatable bonds is 8. The number of nitriles is 1. The summed E-state index contributed by atoms with van der Waals surface area (Å²) >= 11 is 6.04. The molecule has 3 rings (SSSR count). The molecule has 0 spiro atoms. The van der Waals surface area contributed by atoms with Crippen molar-refractivity contribution in [1.29, 1.82) is 5.26 Å². The van der Waals surface area contributed by atoms with Crippen molar-refractivity contribution >= 4 is 40.5 Å². The summed E-state index contributed by atoms with van der Waals surface area (Å²) in [5, 5.41) is 23.4. The van der Waals surface area contributed by atoms with E-state index in [1.165, 1.54) is 31.4 Å². The van der Waals surface area contributed by atoms with E-state index in [9.17, 15) is 20.2 Å². The van der Waals surface area contributed by atoms with E-state index in [2.05, 4.69) is 11.4 Å². The lowest BCUT2D eigenvalue weighted by molar-refractivity contribution is -0.384. The van der Waals surface area contributed by atoms with Crippen LogP contribution >= 0.6 is 11.6 Å². The number of amides is 1. The number of carbonyl (C=O) groups is 1. The fourth-order valence-corrected chi connectivity index (χ4v) is 3.08. The summed E-state index contributed by atoms with van der Waals surface area (Å²) < 4.78 is 10.9. The predicted octanol–water partition coefficient (Wildman–Crippen LogP) is 5.34. The lowest BCUT2D eigenvalue weighted by Crippen LogP contribution is -2.20. The van der Waals surface area contributed by atoms with E-state index in [4.69, 9.17) is 21.1 Å². The summed E-state index contributed by atoms with van der Waals surface area (Å²) in [6.45, 7) is -0.261. The minimum Gasteiger partial charge on any atom is -0.493 e. The number of benzene rings is 3. The average molecular weight is 464 g/mol. The van der Waals surface area contributed by atoms with Crippen molar-refractivity contribution in [1.82, 2.24) is 0 Å². The third-order valence-corrected chi connectivity index (χ3v) is 4.84. The molecule has 0 atom stereocenters. The highest BCUT2D eigenvalue weighted by Crippen LogP contribution is 2.30. The maximum Gasteiger partial charge on any atom is 0.269 e. The number of allylic oxidation sites excluding steroid dienone is 1. The van der Waals surface area contributed by atoms with Crippen LogP contribution in [0.2, 0.25) is 5.02 Å². The quantitative estimate of drug-likeness (QED) is 0.209. The van der Waals surface area contributed by atoms with Crippen molar-refractivity contribution in [2.45, 2.75) is 0 Å². The molecule has 1 amide bonds. The highest BCUT2D eigenvalue weighted by atomic mass is 35.5. The molecular weight excluding hydrogens is 446 g/mol. The van der Waals surface area contributed by atoms with Crippen LogP contribution in [0.15, 0.2) is 66.7 Å². The molecule has 0 aliphatic rings. The second-order valence-electron chi connectivity index (χ2n) is 6.70. The molecule has 0 unspecified atom stereocenters. The lowest BCUT2D eigenvalue weighted by atomic mass is 10.0. The van der Waals surface area contributed by atoms with Crippen molar-refractivity contribution in [2.75, 3.05) is 19.0 Å². The first-order valence-corrected chi connectivity index (χ1v) is 10.0. The molecule has 166 valence electrons. The zero-order chi connectivity index (χ0) is 23.8. The first kappa shape index (κ1) is 23.3. The number of anilines is 1. The number of nitro benzene ring substituents is 1.